The molecule has 1 aliphatic rings. The van der Waals surface area contributed by atoms with Crippen LogP contribution in [0.5, 0.6) is 0 Å². The second-order valence-electron chi connectivity index (χ2n) is 3.33. The molecule has 0 saturated carbocycles. The molecular weight excluding hydrogens is 178 g/mol. The molecule has 13 heavy (non-hydrogen) atoms. The Hall–Kier alpha value is -0.470. The summed E-state index contributed by atoms with van der Waals surface area (Å²) in [5.74, 6) is 1.28. The number of nitrogens with one attached hydrogen (secondary N) is 1. The van der Waals surface area contributed by atoms with Crippen molar-refractivity contribution < 1.29 is 0 Å². The van der Waals surface area contributed by atoms with Gasteiger partial charge in [-0.1, -0.05) is 30.3 Å². The Bertz CT molecular complexity index is 240. The van der Waals surface area contributed by atoms with Crippen molar-refractivity contribution in [3.63, 3.8) is 0 Å². The average Bonchev–Trinajstić information content (AvgIpc) is 2.47. The van der Waals surface area contributed by atoms with Gasteiger partial charge in [0.1, 0.15) is 0 Å². The molecule has 1 aromatic carbocycles. The van der Waals surface area contributed by atoms with Crippen molar-refractivity contribution in [2.75, 3.05) is 18.8 Å². The van der Waals surface area contributed by atoms with Gasteiger partial charge in [0.2, 0.25) is 0 Å². The fourth-order valence-electron chi connectivity index (χ4n) is 1.60. The normalized spacial score (nSPS) is 23.8. The number of hydrogen-bond donors (Lipinski definition) is 1. The van der Waals surface area contributed by atoms with Crippen molar-refractivity contribution in [2.24, 2.45) is 0 Å². The van der Waals surface area contributed by atoms with Crippen LogP contribution in [0.1, 0.15) is 17.2 Å². The lowest BCUT2D eigenvalue weighted by molar-refractivity contribution is 0.684. The van der Waals surface area contributed by atoms with Crippen LogP contribution in [0.4, 0.5) is 0 Å². The number of thioether (sulfide) groups is 1. The molecule has 0 bridgehead atoms. The minimum absolute atomic E-state index is 0.656. The Morgan fingerprint density at radius 2 is 2.08 bits per heavy atom. The molecule has 1 saturated heterocycles. The zero-order valence-electron chi connectivity index (χ0n) is 7.70. The summed E-state index contributed by atoms with van der Waals surface area (Å²) in [6.45, 7) is 2.30. The third-order valence-electron chi connectivity index (χ3n) is 2.32. The maximum Gasteiger partial charge on any atom is 0.0421 e. The van der Waals surface area contributed by atoms with E-state index in [4.69, 9.17) is 0 Å². The molecule has 1 unspecified atom stereocenters. The second-order valence-corrected chi connectivity index (χ2v) is 4.64. The minimum Gasteiger partial charge on any atom is -0.315 e. The first-order chi connectivity index (χ1) is 6.47. The molecule has 1 aliphatic heterocycles. The molecule has 0 aromatic heterocycles. The van der Waals surface area contributed by atoms with Gasteiger partial charge in [0.05, 0.1) is 0 Å². The van der Waals surface area contributed by atoms with Crippen molar-refractivity contribution in [3.05, 3.63) is 35.9 Å². The van der Waals surface area contributed by atoms with Gasteiger partial charge in [-0.3, -0.25) is 0 Å². The molecule has 2 heteroatoms. The zero-order valence-corrected chi connectivity index (χ0v) is 8.52. The van der Waals surface area contributed by atoms with Gasteiger partial charge < -0.3 is 5.32 Å². The van der Waals surface area contributed by atoms with Crippen molar-refractivity contribution >= 4 is 11.8 Å². The maximum absolute atomic E-state index is 3.47. The van der Waals surface area contributed by atoms with Gasteiger partial charge in [-0.15, -0.1) is 0 Å². The molecule has 70 valence electrons. The fourth-order valence-corrected chi connectivity index (χ4v) is 2.78. The third kappa shape index (κ3) is 2.48. The van der Waals surface area contributed by atoms with E-state index < -0.39 is 0 Å². The molecule has 1 N–H and O–H groups in total. The monoisotopic (exact) mass is 193 g/mol. The smallest absolute Gasteiger partial charge is 0.0421 e. The summed E-state index contributed by atoms with van der Waals surface area (Å²) in [5, 5.41) is 4.13. The summed E-state index contributed by atoms with van der Waals surface area (Å²) in [4.78, 5) is 0. The van der Waals surface area contributed by atoms with E-state index in [2.05, 4.69) is 47.4 Å². The van der Waals surface area contributed by atoms with Crippen LogP contribution < -0.4 is 5.32 Å². The quantitative estimate of drug-likeness (QED) is 0.735. The highest BCUT2D eigenvalue weighted by Gasteiger charge is 2.13. The van der Waals surface area contributed by atoms with Gasteiger partial charge in [0.25, 0.3) is 0 Å². The van der Waals surface area contributed by atoms with Crippen molar-refractivity contribution in [3.8, 4) is 0 Å². The van der Waals surface area contributed by atoms with Crippen molar-refractivity contribution in [2.45, 2.75) is 11.7 Å². The molecule has 1 nitrogen and oxygen atoms in total. The van der Waals surface area contributed by atoms with Crippen LogP contribution in [-0.4, -0.2) is 18.8 Å². The van der Waals surface area contributed by atoms with Crippen LogP contribution in [-0.2, 0) is 0 Å². The first-order valence-corrected chi connectivity index (χ1v) is 5.89. The van der Waals surface area contributed by atoms with Crippen LogP contribution in [0.25, 0.3) is 0 Å². The lowest BCUT2D eigenvalue weighted by atomic mass is 10.1. The Morgan fingerprint density at radius 3 is 2.92 bits per heavy atom. The molecule has 1 heterocycles. The Balaban J connectivity index is 2.06. The highest BCUT2D eigenvalue weighted by molar-refractivity contribution is 7.99. The van der Waals surface area contributed by atoms with Gasteiger partial charge >= 0.3 is 0 Å². The third-order valence-corrected chi connectivity index (χ3v) is 3.68. The number of hydrogen-bond acceptors (Lipinski definition) is 2. The van der Waals surface area contributed by atoms with Crippen LogP contribution >= 0.6 is 11.8 Å². The van der Waals surface area contributed by atoms with E-state index in [0.29, 0.717) is 5.25 Å². The van der Waals surface area contributed by atoms with E-state index >= 15 is 0 Å². The highest BCUT2D eigenvalue weighted by Crippen LogP contribution is 2.29. The van der Waals surface area contributed by atoms with E-state index in [0.717, 1.165) is 6.54 Å². The fraction of sp³-hybridized carbons (Fsp3) is 0.455. The summed E-state index contributed by atoms with van der Waals surface area (Å²) in [5.41, 5.74) is 1.46. The molecule has 1 atom stereocenters. The molecule has 1 fully saturated rings. The molecule has 0 amide bonds. The van der Waals surface area contributed by atoms with E-state index in [1.54, 1.807) is 0 Å². The molecule has 0 aliphatic carbocycles. The van der Waals surface area contributed by atoms with E-state index in [9.17, 15) is 0 Å². The number of benzene rings is 1. The van der Waals surface area contributed by atoms with E-state index in [-0.39, 0.29) is 0 Å². The Labute approximate surface area is 83.9 Å². The predicted molar refractivity (Wildman–Crippen MR) is 59.1 cm³/mol. The zero-order chi connectivity index (χ0) is 8.93. The summed E-state index contributed by atoms with van der Waals surface area (Å²) in [7, 11) is 0. The first kappa shape index (κ1) is 9.10. The Morgan fingerprint density at radius 1 is 1.23 bits per heavy atom. The first-order valence-electron chi connectivity index (χ1n) is 4.84. The largest absolute Gasteiger partial charge is 0.315 e. The van der Waals surface area contributed by atoms with Crippen molar-refractivity contribution in [1.29, 1.82) is 0 Å². The van der Waals surface area contributed by atoms with Crippen LogP contribution in [0.15, 0.2) is 30.3 Å². The minimum atomic E-state index is 0.656. The van der Waals surface area contributed by atoms with Gasteiger partial charge in [-0.05, 0) is 24.3 Å². The summed E-state index contributed by atoms with van der Waals surface area (Å²) in [6.07, 6.45) is 1.30. The lowest BCUT2D eigenvalue weighted by Crippen LogP contribution is -2.18. The van der Waals surface area contributed by atoms with Crippen LogP contribution in [0, 0.1) is 0 Å². The standard InChI is InChI=1S/C11H15NS/c1-2-5-10(6-3-1)11-9-12-7-4-8-13-11/h1-3,5-6,11-12H,4,7-9H2. The Kier molecular flexibility index (Phi) is 3.27. The van der Waals surface area contributed by atoms with Crippen molar-refractivity contribution in [1.82, 2.24) is 5.32 Å². The van der Waals surface area contributed by atoms with E-state index in [1.165, 1.54) is 24.3 Å². The number of rotatable bonds is 1. The second kappa shape index (κ2) is 4.68. The summed E-state index contributed by atoms with van der Waals surface area (Å²) in [6, 6.07) is 10.8. The SMILES string of the molecule is c1ccc(C2CNCCCS2)cc1. The highest BCUT2D eigenvalue weighted by atomic mass is 32.2. The van der Waals surface area contributed by atoms with Crippen LogP contribution in [0.2, 0.25) is 0 Å². The average molecular weight is 193 g/mol. The molecule has 1 aromatic rings. The maximum atomic E-state index is 3.47. The molecule has 0 spiro atoms. The lowest BCUT2D eigenvalue weighted by Gasteiger charge is -2.13. The van der Waals surface area contributed by atoms with Gasteiger partial charge in [0, 0.05) is 11.8 Å². The predicted octanol–water partition coefficient (Wildman–Crippen LogP) is 2.45. The topological polar surface area (TPSA) is 12.0 Å². The van der Waals surface area contributed by atoms with Crippen LogP contribution in [0.3, 0.4) is 0 Å². The van der Waals surface area contributed by atoms with Gasteiger partial charge in [-0.2, -0.15) is 11.8 Å². The molecular formula is C11H15NS. The van der Waals surface area contributed by atoms with Gasteiger partial charge in [0.15, 0.2) is 0 Å². The molecule has 2 rings (SSSR count). The summed E-state index contributed by atoms with van der Waals surface area (Å²) >= 11 is 2.07. The molecule has 0 radical (unpaired) electrons. The van der Waals surface area contributed by atoms with E-state index in [1.807, 2.05) is 0 Å². The van der Waals surface area contributed by atoms with Gasteiger partial charge in [-0.25, -0.2) is 0 Å². The summed E-state index contributed by atoms with van der Waals surface area (Å²) < 4.78 is 0.